The molecule has 0 radical (unpaired) electrons. The second-order valence-corrected chi connectivity index (χ2v) is 10.7. The minimum Gasteiger partial charge on any atom is -0.351 e. The van der Waals surface area contributed by atoms with Crippen molar-refractivity contribution in [2.24, 2.45) is 0 Å². The molecule has 0 rings (SSSR count). The number of amides is 1. The molecule has 0 saturated heterocycles. The van der Waals surface area contributed by atoms with Crippen LogP contribution in [0, 0.1) is 0 Å². The van der Waals surface area contributed by atoms with Gasteiger partial charge in [0.1, 0.15) is 0 Å². The first-order valence-electron chi connectivity index (χ1n) is 12.7. The third-order valence-electron chi connectivity index (χ3n) is 5.55. The molecule has 0 aliphatic carbocycles. The predicted molar refractivity (Wildman–Crippen MR) is 128 cm³/mol. The largest absolute Gasteiger partial charge is 0.351 e. The van der Waals surface area contributed by atoms with Crippen LogP contribution in [-0.2, 0) is 13.9 Å². The molecule has 2 atom stereocenters. The fourth-order valence-electron chi connectivity index (χ4n) is 3.54. The number of hydrogen-bond acceptors (Lipinski definition) is 3. The highest BCUT2D eigenvalue weighted by molar-refractivity contribution is 7.52. The van der Waals surface area contributed by atoms with Gasteiger partial charge in [0.15, 0.2) is 0 Å². The lowest BCUT2D eigenvalue weighted by Crippen LogP contribution is -2.38. The van der Waals surface area contributed by atoms with Crippen LogP contribution in [-0.4, -0.2) is 29.6 Å². The lowest BCUT2D eigenvalue weighted by Gasteiger charge is -2.21. The first-order valence-corrected chi connectivity index (χ1v) is 14.5. The van der Waals surface area contributed by atoms with Gasteiger partial charge in [-0.15, -0.1) is 0 Å². The average molecular weight is 448 g/mol. The summed E-state index contributed by atoms with van der Waals surface area (Å²) in [5.41, 5.74) is 0. The summed E-state index contributed by atoms with van der Waals surface area (Å²) in [5.74, 6) is 0.0448. The van der Waals surface area contributed by atoms with Gasteiger partial charge in [0.2, 0.25) is 5.91 Å². The highest BCUT2D eigenvalue weighted by atomic mass is 31.2. The summed E-state index contributed by atoms with van der Waals surface area (Å²) in [6, 6.07) is -0.171. The highest BCUT2D eigenvalue weighted by Gasteiger charge is 2.21. The number of hydrogen-bond donors (Lipinski definition) is 2. The monoisotopic (exact) mass is 447 g/mol. The molecule has 0 aliphatic rings. The number of nitrogens with one attached hydrogen (secondary N) is 1. The van der Waals surface area contributed by atoms with E-state index in [1.807, 2.05) is 6.92 Å². The van der Waals surface area contributed by atoms with Crippen LogP contribution in [0.3, 0.4) is 0 Å². The van der Waals surface area contributed by atoms with Crippen LogP contribution < -0.4 is 5.32 Å². The molecule has 30 heavy (non-hydrogen) atoms. The van der Waals surface area contributed by atoms with Crippen molar-refractivity contribution in [2.45, 2.75) is 136 Å². The summed E-state index contributed by atoms with van der Waals surface area (Å²) in [6.07, 6.45) is 18.6. The van der Waals surface area contributed by atoms with Gasteiger partial charge in [-0.05, 0) is 19.3 Å². The molecular weight excluding hydrogens is 397 g/mol. The van der Waals surface area contributed by atoms with Gasteiger partial charge in [-0.25, -0.2) is 0 Å². The molecule has 2 N–H and O–H groups in total. The fraction of sp³-hybridized carbons (Fsp3) is 0.958. The zero-order valence-corrected chi connectivity index (χ0v) is 21.0. The number of carbonyl (C=O) groups is 1. The van der Waals surface area contributed by atoms with Gasteiger partial charge in [0, 0.05) is 12.6 Å². The number of unbranched alkanes of at least 4 members (excludes halogenated alkanes) is 12. The molecule has 180 valence electrons. The van der Waals surface area contributed by atoms with Crippen LogP contribution in [0.15, 0.2) is 0 Å². The van der Waals surface area contributed by atoms with Crippen LogP contribution in [0.2, 0.25) is 0 Å². The molecule has 5 nitrogen and oxygen atoms in total. The van der Waals surface area contributed by atoms with E-state index in [0.29, 0.717) is 12.8 Å². The van der Waals surface area contributed by atoms with Crippen molar-refractivity contribution in [3.05, 3.63) is 0 Å². The third-order valence-corrected chi connectivity index (χ3v) is 6.98. The Bertz CT molecular complexity index is 445. The first-order chi connectivity index (χ1) is 14.4. The third kappa shape index (κ3) is 19.6. The van der Waals surface area contributed by atoms with Crippen LogP contribution in [0.1, 0.15) is 130 Å². The Hall–Kier alpha value is -0.380. The Morgan fingerprint density at radius 2 is 1.30 bits per heavy atom. The van der Waals surface area contributed by atoms with Gasteiger partial charge < -0.3 is 14.7 Å². The molecule has 0 heterocycles. The first kappa shape index (κ1) is 29.6. The SMILES string of the molecule is CCCCCCCCCCCC(=O)NC(CCCCCC)COP(=O)(O)CCCC. The summed E-state index contributed by atoms with van der Waals surface area (Å²) in [6.45, 7) is 6.53. The maximum atomic E-state index is 12.3. The molecule has 6 heteroatoms. The van der Waals surface area contributed by atoms with Gasteiger partial charge in [0.05, 0.1) is 12.6 Å². The quantitative estimate of drug-likeness (QED) is 0.134. The van der Waals surface area contributed by atoms with Crippen molar-refractivity contribution >= 4 is 13.5 Å². The summed E-state index contributed by atoms with van der Waals surface area (Å²) in [5, 5.41) is 3.05. The standard InChI is InChI=1S/C24H50NO4P/c1-4-7-10-12-13-14-15-16-18-20-24(26)25-23(19-17-11-8-5-2)22-29-30(27,28)21-9-6-3/h23H,4-22H2,1-3H3,(H,25,26)(H,27,28). The minimum atomic E-state index is -3.55. The average Bonchev–Trinajstić information content (AvgIpc) is 2.72. The maximum absolute atomic E-state index is 12.3. The molecule has 0 aromatic rings. The zero-order valence-electron chi connectivity index (χ0n) is 20.1. The van der Waals surface area contributed by atoms with E-state index in [4.69, 9.17) is 4.52 Å². The normalized spacial score (nSPS) is 14.4. The van der Waals surface area contributed by atoms with Crippen molar-refractivity contribution in [3.63, 3.8) is 0 Å². The Morgan fingerprint density at radius 1 is 0.800 bits per heavy atom. The Balaban J connectivity index is 4.14. The molecule has 0 aromatic heterocycles. The summed E-state index contributed by atoms with van der Waals surface area (Å²) in [7, 11) is -3.55. The summed E-state index contributed by atoms with van der Waals surface area (Å²) >= 11 is 0. The topological polar surface area (TPSA) is 75.6 Å². The van der Waals surface area contributed by atoms with E-state index in [0.717, 1.165) is 44.9 Å². The van der Waals surface area contributed by atoms with E-state index in [2.05, 4.69) is 19.2 Å². The van der Waals surface area contributed by atoms with E-state index in [1.54, 1.807) is 0 Å². The molecule has 0 aliphatic heterocycles. The lowest BCUT2D eigenvalue weighted by molar-refractivity contribution is -0.122. The number of carbonyl (C=O) groups excluding carboxylic acids is 1. The van der Waals surface area contributed by atoms with Crippen molar-refractivity contribution in [1.82, 2.24) is 5.32 Å². The lowest BCUT2D eigenvalue weighted by atomic mass is 10.1. The predicted octanol–water partition coefficient (Wildman–Crippen LogP) is 7.36. The molecule has 0 saturated carbocycles. The molecular formula is C24H50NO4P. The highest BCUT2D eigenvalue weighted by Crippen LogP contribution is 2.42. The second-order valence-electron chi connectivity index (χ2n) is 8.70. The molecule has 0 fully saturated rings. The van der Waals surface area contributed by atoms with Gasteiger partial charge in [-0.2, -0.15) is 0 Å². The van der Waals surface area contributed by atoms with Crippen LogP contribution in [0.4, 0.5) is 0 Å². The molecule has 0 spiro atoms. The fourth-order valence-corrected chi connectivity index (χ4v) is 4.80. The zero-order chi connectivity index (χ0) is 22.5. The van der Waals surface area contributed by atoms with E-state index < -0.39 is 7.60 Å². The van der Waals surface area contributed by atoms with Crippen LogP contribution in [0.5, 0.6) is 0 Å². The van der Waals surface area contributed by atoms with Gasteiger partial charge in [0.25, 0.3) is 0 Å². The van der Waals surface area contributed by atoms with Crippen LogP contribution in [0.25, 0.3) is 0 Å². The van der Waals surface area contributed by atoms with Gasteiger partial charge >= 0.3 is 7.60 Å². The van der Waals surface area contributed by atoms with Crippen LogP contribution >= 0.6 is 7.60 Å². The smallest absolute Gasteiger partial charge is 0.328 e. The van der Waals surface area contributed by atoms with Gasteiger partial charge in [-0.1, -0.05) is 104 Å². The van der Waals surface area contributed by atoms with E-state index in [9.17, 15) is 14.3 Å². The Morgan fingerprint density at radius 3 is 1.87 bits per heavy atom. The summed E-state index contributed by atoms with van der Waals surface area (Å²) in [4.78, 5) is 22.3. The Labute approximate surface area is 186 Å². The molecule has 1 amide bonds. The maximum Gasteiger partial charge on any atom is 0.328 e. The van der Waals surface area contributed by atoms with Crippen molar-refractivity contribution in [3.8, 4) is 0 Å². The minimum absolute atomic E-state index is 0.0448. The summed E-state index contributed by atoms with van der Waals surface area (Å²) < 4.78 is 17.5. The van der Waals surface area contributed by atoms with Gasteiger partial charge in [-0.3, -0.25) is 9.36 Å². The second kappa shape index (κ2) is 20.5. The van der Waals surface area contributed by atoms with E-state index >= 15 is 0 Å². The van der Waals surface area contributed by atoms with E-state index in [-0.39, 0.29) is 24.7 Å². The Kier molecular flexibility index (Phi) is 20.3. The van der Waals surface area contributed by atoms with Crippen molar-refractivity contribution < 1.29 is 18.8 Å². The molecule has 0 bridgehead atoms. The number of rotatable bonds is 22. The van der Waals surface area contributed by atoms with E-state index in [1.165, 1.54) is 51.4 Å². The molecule has 0 aromatic carbocycles. The molecule has 2 unspecified atom stereocenters. The van der Waals surface area contributed by atoms with Crippen molar-refractivity contribution in [1.29, 1.82) is 0 Å². The van der Waals surface area contributed by atoms with Crippen molar-refractivity contribution in [2.75, 3.05) is 12.8 Å².